The summed E-state index contributed by atoms with van der Waals surface area (Å²) in [4.78, 5) is 19.9. The lowest BCUT2D eigenvalue weighted by Crippen LogP contribution is -2.51. The number of hydrogen-bond donors (Lipinski definition) is 0. The Morgan fingerprint density at radius 3 is 2.77 bits per heavy atom. The molecule has 5 heterocycles. The molecule has 5 nitrogen and oxygen atoms in total. The summed E-state index contributed by atoms with van der Waals surface area (Å²) in [5.41, 5.74) is 3.15. The Balaban J connectivity index is 1.48. The lowest BCUT2D eigenvalue weighted by Gasteiger charge is -2.46. The fourth-order valence-corrected chi connectivity index (χ4v) is 5.03. The van der Waals surface area contributed by atoms with Crippen molar-refractivity contribution in [2.75, 3.05) is 26.3 Å². The smallest absolute Gasteiger partial charge is 0.251 e. The van der Waals surface area contributed by atoms with Crippen LogP contribution in [0.2, 0.25) is 0 Å². The fraction of sp³-hybridized carbons (Fsp3) is 0.524. The van der Waals surface area contributed by atoms with E-state index in [0.717, 1.165) is 56.9 Å². The minimum Gasteiger partial charge on any atom is -0.381 e. The van der Waals surface area contributed by atoms with E-state index in [0.29, 0.717) is 17.9 Å². The quantitative estimate of drug-likeness (QED) is 0.834. The van der Waals surface area contributed by atoms with Crippen molar-refractivity contribution in [2.24, 2.45) is 5.92 Å². The summed E-state index contributed by atoms with van der Waals surface area (Å²) in [6.07, 6.45) is 5.27. The average molecular weight is 351 g/mol. The van der Waals surface area contributed by atoms with E-state index in [-0.39, 0.29) is 5.56 Å². The molecule has 5 heteroatoms. The Morgan fingerprint density at radius 1 is 1.08 bits per heavy atom. The normalized spacial score (nSPS) is 26.5. The highest BCUT2D eigenvalue weighted by Crippen LogP contribution is 2.37. The molecule has 2 bridgehead atoms. The number of fused-ring (bicyclic) bond motifs is 4. The van der Waals surface area contributed by atoms with Crippen LogP contribution in [0.1, 0.15) is 30.9 Å². The number of ether oxygens (including phenoxy) is 1. The topological polar surface area (TPSA) is 47.4 Å². The molecule has 0 aliphatic carbocycles. The summed E-state index contributed by atoms with van der Waals surface area (Å²) in [6.45, 7) is 4.81. The van der Waals surface area contributed by atoms with Gasteiger partial charge in [-0.2, -0.15) is 0 Å². The molecule has 2 aromatic rings. The molecule has 3 aliphatic heterocycles. The van der Waals surface area contributed by atoms with E-state index in [2.05, 4.69) is 16.0 Å². The number of rotatable bonds is 2. The first-order chi connectivity index (χ1) is 12.8. The van der Waals surface area contributed by atoms with Crippen molar-refractivity contribution in [1.29, 1.82) is 0 Å². The van der Waals surface area contributed by atoms with Gasteiger partial charge in [0.15, 0.2) is 0 Å². The molecule has 3 aliphatic rings. The summed E-state index contributed by atoms with van der Waals surface area (Å²) in [5, 5.41) is 0. The Bertz CT molecular complexity index is 842. The van der Waals surface area contributed by atoms with Crippen LogP contribution >= 0.6 is 0 Å². The van der Waals surface area contributed by atoms with Gasteiger partial charge in [-0.3, -0.25) is 14.7 Å². The molecule has 2 fully saturated rings. The van der Waals surface area contributed by atoms with Gasteiger partial charge in [0.25, 0.3) is 5.56 Å². The second-order valence-corrected chi connectivity index (χ2v) is 7.93. The van der Waals surface area contributed by atoms with Crippen LogP contribution in [-0.2, 0) is 11.3 Å². The maximum Gasteiger partial charge on any atom is 0.251 e. The second-order valence-electron chi connectivity index (χ2n) is 7.93. The molecule has 0 saturated carbocycles. The third-order valence-corrected chi connectivity index (χ3v) is 6.25. The Labute approximate surface area is 153 Å². The molecular formula is C21H25N3O2. The molecule has 2 atom stereocenters. The maximum atomic E-state index is 12.8. The highest BCUT2D eigenvalue weighted by Gasteiger charge is 2.37. The van der Waals surface area contributed by atoms with Crippen molar-refractivity contribution in [3.8, 4) is 11.3 Å². The van der Waals surface area contributed by atoms with Crippen LogP contribution in [0.4, 0.5) is 0 Å². The first-order valence-corrected chi connectivity index (χ1v) is 9.76. The standard InChI is InChI=1S/C21H25N3O2/c25-21-11-16(19-3-1-2-6-22-19)10-20-17-9-15(13-24(20)21)12-23(14-17)18-4-7-26-8-5-18/h1-3,6,10-11,15,17-18H,4-5,7-9,12-14H2/t15-,17+/m0/s1. The van der Waals surface area contributed by atoms with Gasteiger partial charge in [-0.15, -0.1) is 0 Å². The zero-order valence-electron chi connectivity index (χ0n) is 15.0. The van der Waals surface area contributed by atoms with Gasteiger partial charge < -0.3 is 9.30 Å². The first-order valence-electron chi connectivity index (χ1n) is 9.76. The summed E-state index contributed by atoms with van der Waals surface area (Å²) >= 11 is 0. The fourth-order valence-electron chi connectivity index (χ4n) is 5.03. The van der Waals surface area contributed by atoms with Crippen LogP contribution < -0.4 is 5.56 Å². The van der Waals surface area contributed by atoms with Gasteiger partial charge in [0, 0.05) is 68.3 Å². The molecule has 0 amide bonds. The van der Waals surface area contributed by atoms with Gasteiger partial charge in [0.2, 0.25) is 0 Å². The van der Waals surface area contributed by atoms with Crippen molar-refractivity contribution in [2.45, 2.75) is 37.8 Å². The van der Waals surface area contributed by atoms with Crippen LogP contribution in [0.25, 0.3) is 11.3 Å². The SMILES string of the molecule is O=c1cc(-c2ccccn2)cc2n1C[C@H]1C[C@@H]2CN(C2CCOCC2)C1. The lowest BCUT2D eigenvalue weighted by atomic mass is 9.81. The molecule has 0 radical (unpaired) electrons. The van der Waals surface area contributed by atoms with Crippen LogP contribution in [-0.4, -0.2) is 46.8 Å². The number of aromatic nitrogens is 2. The van der Waals surface area contributed by atoms with Gasteiger partial charge in [-0.1, -0.05) is 6.07 Å². The predicted octanol–water partition coefficient (Wildman–Crippen LogP) is 2.51. The molecule has 26 heavy (non-hydrogen) atoms. The van der Waals surface area contributed by atoms with Gasteiger partial charge in [0.1, 0.15) is 0 Å². The first kappa shape index (κ1) is 16.2. The van der Waals surface area contributed by atoms with Crippen molar-refractivity contribution < 1.29 is 4.74 Å². The van der Waals surface area contributed by atoms with Crippen molar-refractivity contribution >= 4 is 0 Å². The van der Waals surface area contributed by atoms with E-state index in [1.54, 1.807) is 12.3 Å². The molecule has 0 aromatic carbocycles. The van der Waals surface area contributed by atoms with Gasteiger partial charge in [-0.05, 0) is 43.4 Å². The van der Waals surface area contributed by atoms with E-state index in [9.17, 15) is 4.79 Å². The molecular weight excluding hydrogens is 326 g/mol. The summed E-state index contributed by atoms with van der Waals surface area (Å²) < 4.78 is 7.56. The number of nitrogens with zero attached hydrogens (tertiary/aromatic N) is 3. The maximum absolute atomic E-state index is 12.8. The second kappa shape index (κ2) is 6.63. The highest BCUT2D eigenvalue weighted by molar-refractivity contribution is 5.59. The Morgan fingerprint density at radius 2 is 1.96 bits per heavy atom. The lowest BCUT2D eigenvalue weighted by molar-refractivity contribution is 0.00588. The molecule has 0 spiro atoms. The van der Waals surface area contributed by atoms with E-state index in [1.165, 1.54) is 12.1 Å². The van der Waals surface area contributed by atoms with Gasteiger partial charge in [0.05, 0.1) is 5.69 Å². The monoisotopic (exact) mass is 351 g/mol. The summed E-state index contributed by atoms with van der Waals surface area (Å²) in [6, 6.07) is 10.5. The summed E-state index contributed by atoms with van der Waals surface area (Å²) in [7, 11) is 0. The van der Waals surface area contributed by atoms with E-state index in [4.69, 9.17) is 4.74 Å². The largest absolute Gasteiger partial charge is 0.381 e. The molecule has 5 rings (SSSR count). The van der Waals surface area contributed by atoms with E-state index < -0.39 is 0 Å². The van der Waals surface area contributed by atoms with Crippen molar-refractivity contribution in [3.05, 3.63) is 52.6 Å². The van der Waals surface area contributed by atoms with Crippen LogP contribution in [0.15, 0.2) is 41.3 Å². The minimum absolute atomic E-state index is 0.123. The summed E-state index contributed by atoms with van der Waals surface area (Å²) in [5.74, 6) is 1.03. The zero-order chi connectivity index (χ0) is 17.5. The molecule has 0 unspecified atom stereocenters. The van der Waals surface area contributed by atoms with Gasteiger partial charge >= 0.3 is 0 Å². The Hall–Kier alpha value is -1.98. The van der Waals surface area contributed by atoms with Crippen LogP contribution in [0.3, 0.4) is 0 Å². The Kier molecular flexibility index (Phi) is 4.14. The van der Waals surface area contributed by atoms with Gasteiger partial charge in [-0.25, -0.2) is 0 Å². The molecule has 136 valence electrons. The molecule has 0 N–H and O–H groups in total. The third kappa shape index (κ3) is 2.89. The molecule has 2 aromatic heterocycles. The molecule has 2 saturated heterocycles. The van der Waals surface area contributed by atoms with E-state index >= 15 is 0 Å². The van der Waals surface area contributed by atoms with Crippen LogP contribution in [0, 0.1) is 5.92 Å². The van der Waals surface area contributed by atoms with E-state index in [1.807, 2.05) is 22.8 Å². The number of hydrogen-bond acceptors (Lipinski definition) is 4. The number of likely N-dealkylation sites (tertiary alicyclic amines) is 1. The third-order valence-electron chi connectivity index (χ3n) is 6.25. The predicted molar refractivity (Wildman–Crippen MR) is 100 cm³/mol. The highest BCUT2D eigenvalue weighted by atomic mass is 16.5. The number of pyridine rings is 2. The van der Waals surface area contributed by atoms with Crippen molar-refractivity contribution in [1.82, 2.24) is 14.5 Å². The van der Waals surface area contributed by atoms with Crippen LogP contribution in [0.5, 0.6) is 0 Å². The number of piperidine rings is 1. The van der Waals surface area contributed by atoms with Crippen molar-refractivity contribution in [3.63, 3.8) is 0 Å². The minimum atomic E-state index is 0.123. The average Bonchev–Trinajstić information content (AvgIpc) is 2.70. The zero-order valence-corrected chi connectivity index (χ0v) is 15.0.